The van der Waals surface area contributed by atoms with Crippen molar-refractivity contribution in [2.24, 2.45) is 11.8 Å². The first-order valence-electron chi connectivity index (χ1n) is 38.5. The van der Waals surface area contributed by atoms with Crippen LogP contribution in [0.1, 0.15) is 94.4 Å². The number of alkyl halides is 3. The van der Waals surface area contributed by atoms with Gasteiger partial charge in [-0.1, -0.05) is 97.1 Å². The fraction of sp³-hybridized carbons (Fsp3) is 0.348. The van der Waals surface area contributed by atoms with E-state index in [4.69, 9.17) is 94.7 Å². The Hall–Kier alpha value is -9.09. The Labute approximate surface area is 667 Å². The van der Waals surface area contributed by atoms with Crippen LogP contribution in [0, 0.1) is 11.8 Å². The molecule has 9 aliphatic heterocycles. The van der Waals surface area contributed by atoms with E-state index < -0.39 is 196 Å². The Kier molecular flexibility index (Phi) is 20.4. The van der Waals surface area contributed by atoms with E-state index in [0.717, 1.165) is 5.56 Å². The van der Waals surface area contributed by atoms with Crippen molar-refractivity contribution in [3.05, 3.63) is 323 Å². The van der Waals surface area contributed by atoms with Gasteiger partial charge in [0.25, 0.3) is 0 Å². The van der Waals surface area contributed by atoms with Gasteiger partial charge in [0.2, 0.25) is 0 Å². The zero-order valence-electron chi connectivity index (χ0n) is 61.4. The van der Waals surface area contributed by atoms with Crippen molar-refractivity contribution in [1.29, 1.82) is 0 Å². The van der Waals surface area contributed by atoms with Crippen LogP contribution < -0.4 is 0 Å². The van der Waals surface area contributed by atoms with Crippen molar-refractivity contribution in [2.75, 3.05) is 26.4 Å². The molecule has 9 aromatic rings. The molecule has 21 unspecified atom stereocenters. The number of fused-ring (bicyclic) bond motifs is 1. The molecule has 0 amide bonds. The second kappa shape index (κ2) is 31.4. The maximum absolute atomic E-state index is 15.4. The van der Waals surface area contributed by atoms with E-state index in [9.17, 15) is 14.7 Å². The van der Waals surface area contributed by atoms with Gasteiger partial charge < -0.3 is 24.1 Å². The maximum atomic E-state index is 15.4. The number of carbonyl (C=O) groups is 4. The number of hydrogen-bond donors (Lipinski definition) is 1. The molecule has 9 saturated heterocycles. The summed E-state index contributed by atoms with van der Waals surface area (Å²) in [5.74, 6) is -5.01. The van der Waals surface area contributed by atoms with Crippen molar-refractivity contribution in [1.82, 2.24) is 0 Å². The van der Waals surface area contributed by atoms with E-state index in [2.05, 4.69) is 0 Å². The van der Waals surface area contributed by atoms with E-state index in [0.29, 0.717) is 22.3 Å². The summed E-state index contributed by atoms with van der Waals surface area (Å²) in [6.07, 6.45) is -23.9. The molecule has 25 nitrogen and oxygen atoms in total. The second-order valence-electron chi connectivity index (χ2n) is 29.8. The van der Waals surface area contributed by atoms with Crippen molar-refractivity contribution in [3.63, 3.8) is 0 Å². The second-order valence-corrected chi connectivity index (χ2v) is 35.8. The number of aliphatic hydroxyl groups is 1. The number of esters is 4. The van der Waals surface area contributed by atoms with Crippen LogP contribution in [-0.2, 0) is 101 Å². The Bertz CT molecular complexity index is 4910. The average molecular weight is 1680 g/mol. The predicted octanol–water partition coefficient (Wildman–Crippen LogP) is 11.7. The van der Waals surface area contributed by atoms with Crippen molar-refractivity contribution in [2.45, 2.75) is 147 Å². The predicted molar refractivity (Wildman–Crippen MR) is 407 cm³/mol. The molecule has 0 aromatic heterocycles. The standard InChI is InChI=1S/C89H79IO25/c91-71-64-67(105-74(92)52-30-12-2-13-31-52)83(102-61-48-98-79(113-87(61,64)71)57-40-22-7-23-41-57)110-72-65-68(106-75(93)53-32-14-3-15-33-53)82(103-62-49-99-80(114-88(62,65)72)58-42-24-8-25-43-58)109-69-66-60(47-97-78(108-66)56-38-20-6-21-39-56)101-84(70(69)107-76(94)54-34-16-4-17-35-54)112-86-89-63(50-100-81(115-89)59-44-26-9-27-45-59)104-85(96-46-51-28-10-1-11-29-51)73(90(86)89)111-77(95)55-36-18-5-19-37-55/h1-45,60-73,78-86,91H,46-50H2/t60?,61?,62?,63?,64?,65?,66-,67?,68?,69?,70?,71?,72?,73?,78?,79?,80?,81?,82+,83+,84+,85-,86?,87?,88?,89?/m1/s1. The number of ether oxygens (including phenoxy) is 20. The zero-order valence-corrected chi connectivity index (χ0v) is 63.6. The molecule has 3 spiro atoms. The minimum absolute atomic E-state index is 0.0146. The number of carbonyl (C=O) groups excluding carboxylic acids is 4. The Balaban J connectivity index is 0.699. The third kappa shape index (κ3) is 13.9. The summed E-state index contributed by atoms with van der Waals surface area (Å²) in [5, 5.41) is 12.4. The molecular formula is C89H79IO25. The van der Waals surface area contributed by atoms with Crippen LogP contribution in [-0.4, -0.2) is 171 Å². The first kappa shape index (κ1) is 74.7. The van der Waals surface area contributed by atoms with Crippen molar-refractivity contribution in [3.8, 4) is 0 Å². The quantitative estimate of drug-likeness (QED) is 0.0303. The van der Waals surface area contributed by atoms with Crippen LogP contribution >= 0.6 is 19.8 Å². The average Bonchev–Trinajstić information content (AvgIpc) is 1.50. The van der Waals surface area contributed by atoms with E-state index in [-0.39, 0.29) is 55.3 Å². The molecule has 11 fully saturated rings. The third-order valence-electron chi connectivity index (χ3n) is 23.0. The van der Waals surface area contributed by atoms with Crippen molar-refractivity contribution < 1.29 is 119 Å². The van der Waals surface area contributed by atoms with Gasteiger partial charge in [-0.3, -0.25) is 0 Å². The fourth-order valence-corrected chi connectivity index (χ4v) is 25.6. The van der Waals surface area contributed by atoms with Crippen molar-refractivity contribution >= 4 is 43.7 Å². The van der Waals surface area contributed by atoms with Crippen LogP contribution in [0.4, 0.5) is 0 Å². The van der Waals surface area contributed by atoms with E-state index >= 15 is 9.59 Å². The van der Waals surface area contributed by atoms with Gasteiger partial charge in [0.1, 0.15) is 11.7 Å². The Morgan fingerprint density at radius 1 is 0.365 bits per heavy atom. The van der Waals surface area contributed by atoms with Gasteiger partial charge in [-0.15, -0.1) is 0 Å². The summed E-state index contributed by atoms with van der Waals surface area (Å²) >= 11 is -3.38. The van der Waals surface area contributed by atoms with Gasteiger partial charge in [-0.05, 0) is 12.1 Å². The molecule has 115 heavy (non-hydrogen) atoms. The third-order valence-corrected chi connectivity index (χ3v) is 30.4. The van der Waals surface area contributed by atoms with Crippen LogP contribution in [0.2, 0.25) is 0 Å². The summed E-state index contributed by atoms with van der Waals surface area (Å²) < 4.78 is 137. The molecule has 20 rings (SSSR count). The normalized spacial score (nSPS) is 36.6. The van der Waals surface area contributed by atoms with E-state index in [1.807, 2.05) is 152 Å². The molecule has 11 aliphatic rings. The van der Waals surface area contributed by atoms with E-state index in [1.54, 1.807) is 121 Å². The molecule has 9 heterocycles. The first-order valence-corrected chi connectivity index (χ1v) is 42.1. The molecule has 9 aromatic carbocycles. The molecule has 2 aliphatic carbocycles. The number of aliphatic hydroxyl groups excluding tert-OH is 1. The van der Waals surface area contributed by atoms with Gasteiger partial charge >= 0.3 is 474 Å². The molecule has 592 valence electrons. The summed E-state index contributed by atoms with van der Waals surface area (Å²) in [6.45, 7) is -0.344. The molecule has 0 radical (unpaired) electrons. The molecule has 2 saturated carbocycles. The number of rotatable bonds is 21. The SMILES string of the molecule is O=C(OC1C(O[C@@H]2OC3COC(c4ccccc4)OC34C(O[C@@H]3OC5COC(c6ccccc6)OC56C(O)C6C3OC(=O)c3ccccc3)C4C2OC(=O)c2ccccc2)[C@@H]2OC(c3ccccc3)OCC2O[C@H]1OC1I2C(OC(=O)c3ccccc3)[C@H](OCc3ccccc3)OC3COC(c4ccccc4)OC312)c1ccccc1. The minimum atomic E-state index is -3.38. The first-order chi connectivity index (χ1) is 56.5. The van der Waals surface area contributed by atoms with Crippen LogP contribution in [0.3, 0.4) is 0 Å². The number of halogens is 1. The zero-order chi connectivity index (χ0) is 77.4. The monoisotopic (exact) mass is 1670 g/mol. The Morgan fingerprint density at radius 3 is 1.27 bits per heavy atom. The molecule has 26 atom stereocenters. The molecule has 26 heteroatoms. The van der Waals surface area contributed by atoms with Crippen LogP contribution in [0.25, 0.3) is 0 Å². The fourth-order valence-electron chi connectivity index (χ4n) is 17.3. The summed E-state index contributed by atoms with van der Waals surface area (Å²) in [7, 11) is 0. The van der Waals surface area contributed by atoms with Gasteiger partial charge in [-0.2, -0.15) is 0 Å². The number of benzene rings is 9. The van der Waals surface area contributed by atoms with Crippen LogP contribution in [0.15, 0.2) is 273 Å². The summed E-state index contributed by atoms with van der Waals surface area (Å²) in [6, 6.07) is 80.5. The summed E-state index contributed by atoms with van der Waals surface area (Å²) in [5.41, 5.74) is 1.25. The molecular weight excluding hydrogens is 1600 g/mol. The van der Waals surface area contributed by atoms with E-state index in [1.165, 1.54) is 0 Å². The van der Waals surface area contributed by atoms with Crippen LogP contribution in [0.5, 0.6) is 0 Å². The molecule has 0 bridgehead atoms. The summed E-state index contributed by atoms with van der Waals surface area (Å²) in [4.78, 5) is 60.2. The van der Waals surface area contributed by atoms with Gasteiger partial charge in [0.15, 0.2) is 12.4 Å². The topological polar surface area (TPSA) is 273 Å². The van der Waals surface area contributed by atoms with Gasteiger partial charge in [0, 0.05) is 11.1 Å². The Morgan fingerprint density at radius 2 is 0.757 bits per heavy atom. The van der Waals surface area contributed by atoms with Gasteiger partial charge in [-0.25, -0.2) is 4.79 Å². The number of hydrogen-bond acceptors (Lipinski definition) is 25. The molecule has 1 N–H and O–H groups in total. The van der Waals surface area contributed by atoms with Gasteiger partial charge in [0.05, 0.1) is 24.2 Å².